The van der Waals surface area contributed by atoms with Crippen LogP contribution in [0.4, 0.5) is 0 Å². The van der Waals surface area contributed by atoms with E-state index in [1.54, 1.807) is 24.6 Å². The second-order valence-electron chi connectivity index (χ2n) is 9.01. The molecule has 3 aromatic rings. The molecule has 5 N–H and O–H groups in total. The molecule has 0 saturated heterocycles. The number of amides is 4. The first-order chi connectivity index (χ1) is 18.1. The number of carbonyl (C=O) groups excluding carboxylic acids is 4. The molecule has 0 radical (unpaired) electrons. The van der Waals surface area contributed by atoms with E-state index in [0.717, 1.165) is 5.56 Å². The van der Waals surface area contributed by atoms with Crippen molar-refractivity contribution in [3.8, 4) is 0 Å². The molecule has 1 aliphatic heterocycles. The maximum absolute atomic E-state index is 13.4. The molecule has 1 aromatic carbocycles. The van der Waals surface area contributed by atoms with E-state index in [1.165, 1.54) is 29.6 Å². The van der Waals surface area contributed by atoms with Crippen molar-refractivity contribution in [1.82, 2.24) is 31.2 Å². The van der Waals surface area contributed by atoms with E-state index in [9.17, 15) is 24.3 Å². The first-order valence-corrected chi connectivity index (χ1v) is 13.7. The molecule has 0 aliphatic carbocycles. The number of hydrogen-bond acceptors (Lipinski definition) is 9. The number of thiazole rings is 2. The van der Waals surface area contributed by atoms with Gasteiger partial charge in [0.25, 0.3) is 11.8 Å². The molecule has 4 amide bonds. The quantitative estimate of drug-likeness (QED) is 0.326. The predicted octanol–water partition coefficient (Wildman–Crippen LogP) is 1.49. The van der Waals surface area contributed by atoms with Crippen molar-refractivity contribution in [2.75, 3.05) is 0 Å². The maximum atomic E-state index is 13.4. The minimum atomic E-state index is -1.30. The van der Waals surface area contributed by atoms with E-state index in [0.29, 0.717) is 10.0 Å². The number of nitrogens with one attached hydrogen (secondary N) is 4. The summed E-state index contributed by atoms with van der Waals surface area (Å²) in [5, 5.41) is 25.3. The van der Waals surface area contributed by atoms with Gasteiger partial charge < -0.3 is 26.4 Å². The lowest BCUT2D eigenvalue weighted by Crippen LogP contribution is -2.57. The Morgan fingerprint density at radius 1 is 0.816 bits per heavy atom. The third-order valence-electron chi connectivity index (χ3n) is 5.92. The van der Waals surface area contributed by atoms with Gasteiger partial charge in [-0.2, -0.15) is 0 Å². The van der Waals surface area contributed by atoms with Crippen LogP contribution in [0.25, 0.3) is 0 Å². The van der Waals surface area contributed by atoms with E-state index < -0.39 is 53.9 Å². The van der Waals surface area contributed by atoms with Gasteiger partial charge in [0.05, 0.1) is 18.2 Å². The topological polar surface area (TPSA) is 162 Å². The van der Waals surface area contributed by atoms with Crippen LogP contribution in [0.3, 0.4) is 0 Å². The number of nitrogens with zero attached hydrogens (tertiary/aromatic N) is 2. The Morgan fingerprint density at radius 2 is 1.37 bits per heavy atom. The third-order valence-corrected chi connectivity index (χ3v) is 7.98. The lowest BCUT2D eigenvalue weighted by molar-refractivity contribution is -0.132. The van der Waals surface area contributed by atoms with Gasteiger partial charge in [0.1, 0.15) is 33.5 Å². The smallest absolute Gasteiger partial charge is 0.271 e. The highest BCUT2D eigenvalue weighted by Gasteiger charge is 2.32. The molecule has 1 aliphatic rings. The highest BCUT2D eigenvalue weighted by molar-refractivity contribution is 7.10. The average Bonchev–Trinajstić information content (AvgIpc) is 3.57. The molecular weight excluding hydrogens is 528 g/mol. The number of benzene rings is 1. The van der Waals surface area contributed by atoms with Gasteiger partial charge in [-0.3, -0.25) is 19.2 Å². The van der Waals surface area contributed by atoms with E-state index >= 15 is 0 Å². The number of hydrogen-bond donors (Lipinski definition) is 5. The molecule has 5 atom stereocenters. The van der Waals surface area contributed by atoms with Crippen LogP contribution in [0.5, 0.6) is 0 Å². The van der Waals surface area contributed by atoms with Gasteiger partial charge in [0.2, 0.25) is 11.8 Å². The van der Waals surface area contributed by atoms with Crippen molar-refractivity contribution < 1.29 is 24.3 Å². The number of aromatic nitrogens is 2. The molecule has 0 saturated carbocycles. The number of fused-ring (bicyclic) bond motifs is 4. The molecule has 4 rings (SSSR count). The van der Waals surface area contributed by atoms with Crippen LogP contribution in [0.15, 0.2) is 41.1 Å². The van der Waals surface area contributed by atoms with Gasteiger partial charge in [-0.05, 0) is 26.3 Å². The number of aliphatic hydroxyl groups is 1. The van der Waals surface area contributed by atoms with Crippen LogP contribution in [0.1, 0.15) is 69.4 Å². The fraction of sp³-hybridized carbons (Fsp3) is 0.360. The molecular formula is C25H28N6O5S2. The second-order valence-corrected chi connectivity index (χ2v) is 10.8. The zero-order valence-electron chi connectivity index (χ0n) is 20.9. The Balaban J connectivity index is 1.68. The fourth-order valence-electron chi connectivity index (χ4n) is 3.83. The third kappa shape index (κ3) is 6.41. The number of aliphatic hydroxyl groups excluding tert-OH is 1. The van der Waals surface area contributed by atoms with Gasteiger partial charge >= 0.3 is 0 Å². The Hall–Kier alpha value is -3.68. The maximum Gasteiger partial charge on any atom is 0.271 e. The monoisotopic (exact) mass is 556 g/mol. The highest BCUT2D eigenvalue weighted by Crippen LogP contribution is 2.21. The van der Waals surface area contributed by atoms with Crippen LogP contribution < -0.4 is 21.3 Å². The average molecular weight is 557 g/mol. The summed E-state index contributed by atoms with van der Waals surface area (Å²) in [6.07, 6.45) is -1.08. The van der Waals surface area contributed by atoms with E-state index in [1.807, 2.05) is 30.3 Å². The van der Waals surface area contributed by atoms with Gasteiger partial charge in [-0.1, -0.05) is 30.3 Å². The summed E-state index contributed by atoms with van der Waals surface area (Å²) in [6, 6.07) is 5.66. The molecule has 4 bridgehead atoms. The van der Waals surface area contributed by atoms with E-state index in [4.69, 9.17) is 0 Å². The van der Waals surface area contributed by atoms with Crippen molar-refractivity contribution in [3.05, 3.63) is 68.1 Å². The van der Waals surface area contributed by atoms with Crippen LogP contribution in [0, 0.1) is 0 Å². The zero-order valence-corrected chi connectivity index (χ0v) is 22.6. The first kappa shape index (κ1) is 27.4. The molecule has 0 spiro atoms. The minimum Gasteiger partial charge on any atom is -0.391 e. The van der Waals surface area contributed by atoms with E-state index in [2.05, 4.69) is 31.2 Å². The fourth-order valence-corrected chi connectivity index (χ4v) is 5.44. The van der Waals surface area contributed by atoms with Gasteiger partial charge in [-0.25, -0.2) is 9.97 Å². The molecule has 0 unspecified atom stereocenters. The molecule has 2 aromatic heterocycles. The normalized spacial score (nSPS) is 23.8. The summed E-state index contributed by atoms with van der Waals surface area (Å²) in [5.41, 5.74) is 1.06. The minimum absolute atomic E-state index is 0.0904. The molecule has 11 nitrogen and oxygen atoms in total. The largest absolute Gasteiger partial charge is 0.391 e. The lowest BCUT2D eigenvalue weighted by Gasteiger charge is -2.25. The molecule has 38 heavy (non-hydrogen) atoms. The SMILES string of the molecule is C[C@@H]1NC(=O)c2csc(n2)[C@H](C)NC(=O)[C@H]([C@H](C)O)NC(=O)[C@H](Cc2ccccc2)NC(=O)c2csc1n2. The Kier molecular flexibility index (Phi) is 8.49. The molecule has 13 heteroatoms. The van der Waals surface area contributed by atoms with Crippen molar-refractivity contribution >= 4 is 46.3 Å². The van der Waals surface area contributed by atoms with Crippen molar-refractivity contribution in [1.29, 1.82) is 0 Å². The van der Waals surface area contributed by atoms with Gasteiger partial charge in [-0.15, -0.1) is 22.7 Å². The summed E-state index contributed by atoms with van der Waals surface area (Å²) in [5.74, 6) is -2.27. The summed E-state index contributed by atoms with van der Waals surface area (Å²) in [6.45, 7) is 4.82. The molecule has 0 fully saturated rings. The Morgan fingerprint density at radius 3 is 1.95 bits per heavy atom. The van der Waals surface area contributed by atoms with Gasteiger partial charge in [0, 0.05) is 17.2 Å². The number of rotatable bonds is 3. The van der Waals surface area contributed by atoms with Crippen LogP contribution in [-0.2, 0) is 16.0 Å². The highest BCUT2D eigenvalue weighted by atomic mass is 32.1. The second kappa shape index (κ2) is 11.8. The van der Waals surface area contributed by atoms with E-state index in [-0.39, 0.29) is 17.8 Å². The standard InChI is InChI=1S/C25H28N6O5S2/c1-12-24-30-18(11-38-24)22(35)28-16(9-15-7-5-4-6-8-15)20(33)31-19(14(3)32)23(36)27-13(2)25-29-17(10-37-25)21(34)26-12/h4-8,10-14,16,19,32H,9H2,1-3H3,(H,26,34)(H,27,36)(H,28,35)(H,31,33)/t12-,13-,14-,16-,19-/m0/s1. The summed E-state index contributed by atoms with van der Waals surface area (Å²) in [7, 11) is 0. The molecule has 3 heterocycles. The summed E-state index contributed by atoms with van der Waals surface area (Å²) in [4.78, 5) is 61.0. The van der Waals surface area contributed by atoms with Crippen molar-refractivity contribution in [3.63, 3.8) is 0 Å². The van der Waals surface area contributed by atoms with Gasteiger partial charge in [0.15, 0.2) is 0 Å². The lowest BCUT2D eigenvalue weighted by atomic mass is 10.0. The van der Waals surface area contributed by atoms with Crippen LogP contribution in [0.2, 0.25) is 0 Å². The van der Waals surface area contributed by atoms with Crippen LogP contribution in [-0.4, -0.2) is 56.9 Å². The Bertz CT molecular complexity index is 1320. The molecule has 200 valence electrons. The van der Waals surface area contributed by atoms with Crippen molar-refractivity contribution in [2.45, 2.75) is 57.5 Å². The van der Waals surface area contributed by atoms with Crippen LogP contribution >= 0.6 is 22.7 Å². The van der Waals surface area contributed by atoms with Crippen molar-refractivity contribution in [2.24, 2.45) is 0 Å². The summed E-state index contributed by atoms with van der Waals surface area (Å²) >= 11 is 2.41. The first-order valence-electron chi connectivity index (χ1n) is 12.0. The Labute approximate surface area is 227 Å². The predicted molar refractivity (Wildman–Crippen MR) is 142 cm³/mol. The number of carbonyl (C=O) groups is 4. The zero-order chi connectivity index (χ0) is 27.4. The summed E-state index contributed by atoms with van der Waals surface area (Å²) < 4.78 is 0.